The lowest BCUT2D eigenvalue weighted by atomic mass is 9.97. The van der Waals surface area contributed by atoms with Gasteiger partial charge in [0.25, 0.3) is 0 Å². The first kappa shape index (κ1) is 15.9. The van der Waals surface area contributed by atoms with Gasteiger partial charge in [0.05, 0.1) is 19.0 Å². The molecule has 1 aliphatic heterocycles. The molecular formula is C14H26N4O. The summed E-state index contributed by atoms with van der Waals surface area (Å²) in [6.45, 7) is 4.29. The molecule has 0 spiro atoms. The Kier molecular flexibility index (Phi) is 6.82. The van der Waals surface area contributed by atoms with Crippen LogP contribution in [0.1, 0.15) is 19.3 Å². The number of carbonyl (C=O) groups is 1. The van der Waals surface area contributed by atoms with Crippen LogP contribution in [0.15, 0.2) is 0 Å². The molecule has 1 fully saturated rings. The number of carbonyl (C=O) groups excluding carboxylic acids is 1. The fourth-order valence-corrected chi connectivity index (χ4v) is 2.44. The molecule has 0 aromatic heterocycles. The van der Waals surface area contributed by atoms with Gasteiger partial charge in [0.1, 0.15) is 0 Å². The lowest BCUT2D eigenvalue weighted by Gasteiger charge is -2.31. The van der Waals surface area contributed by atoms with Crippen molar-refractivity contribution in [3.63, 3.8) is 0 Å². The second-order valence-corrected chi connectivity index (χ2v) is 5.67. The van der Waals surface area contributed by atoms with Crippen LogP contribution < -0.4 is 0 Å². The molecule has 0 radical (unpaired) electrons. The van der Waals surface area contributed by atoms with Gasteiger partial charge in [0.2, 0.25) is 5.91 Å². The van der Waals surface area contributed by atoms with Crippen molar-refractivity contribution in [1.82, 2.24) is 14.7 Å². The van der Waals surface area contributed by atoms with Gasteiger partial charge in [-0.25, -0.2) is 0 Å². The van der Waals surface area contributed by atoms with Crippen LogP contribution in [0.2, 0.25) is 0 Å². The average molecular weight is 266 g/mol. The maximum absolute atomic E-state index is 11.9. The third-order valence-electron chi connectivity index (χ3n) is 3.80. The van der Waals surface area contributed by atoms with Crippen LogP contribution in [0, 0.1) is 17.2 Å². The summed E-state index contributed by atoms with van der Waals surface area (Å²) in [5.74, 6) is 0.809. The van der Waals surface area contributed by atoms with Gasteiger partial charge in [-0.2, -0.15) is 5.26 Å². The van der Waals surface area contributed by atoms with Crippen LogP contribution in [0.25, 0.3) is 0 Å². The Morgan fingerprint density at radius 2 is 2.00 bits per heavy atom. The molecule has 0 unspecified atom stereocenters. The van der Waals surface area contributed by atoms with Gasteiger partial charge in [-0.05, 0) is 45.9 Å². The zero-order chi connectivity index (χ0) is 14.3. The van der Waals surface area contributed by atoms with E-state index >= 15 is 0 Å². The summed E-state index contributed by atoms with van der Waals surface area (Å²) in [5, 5.41) is 8.51. The number of likely N-dealkylation sites (N-methyl/N-ethyl adjacent to an activating group) is 2. The van der Waals surface area contributed by atoms with Gasteiger partial charge in [-0.15, -0.1) is 0 Å². The number of nitrogens with zero attached hydrogens (tertiary/aromatic N) is 4. The number of hydrogen-bond acceptors (Lipinski definition) is 4. The van der Waals surface area contributed by atoms with E-state index in [-0.39, 0.29) is 5.91 Å². The minimum Gasteiger partial charge on any atom is -0.344 e. The van der Waals surface area contributed by atoms with E-state index in [1.54, 1.807) is 11.9 Å². The zero-order valence-electron chi connectivity index (χ0n) is 12.4. The highest BCUT2D eigenvalue weighted by Crippen LogP contribution is 2.16. The van der Waals surface area contributed by atoms with Crippen LogP contribution in [0.5, 0.6) is 0 Å². The summed E-state index contributed by atoms with van der Waals surface area (Å²) >= 11 is 0. The summed E-state index contributed by atoms with van der Waals surface area (Å²) < 4.78 is 0. The van der Waals surface area contributed by atoms with E-state index in [9.17, 15) is 4.79 Å². The fourth-order valence-electron chi connectivity index (χ4n) is 2.44. The Morgan fingerprint density at radius 3 is 2.58 bits per heavy atom. The molecule has 19 heavy (non-hydrogen) atoms. The van der Waals surface area contributed by atoms with Crippen molar-refractivity contribution in [1.29, 1.82) is 5.26 Å². The van der Waals surface area contributed by atoms with Gasteiger partial charge >= 0.3 is 0 Å². The molecule has 0 bridgehead atoms. The molecule has 1 saturated heterocycles. The van der Waals surface area contributed by atoms with Crippen LogP contribution >= 0.6 is 0 Å². The van der Waals surface area contributed by atoms with Gasteiger partial charge in [-0.3, -0.25) is 9.69 Å². The predicted molar refractivity (Wildman–Crippen MR) is 75.6 cm³/mol. The van der Waals surface area contributed by atoms with Crippen molar-refractivity contribution in [2.24, 2.45) is 5.92 Å². The summed E-state index contributed by atoms with van der Waals surface area (Å²) in [7, 11) is 5.94. The van der Waals surface area contributed by atoms with Crippen LogP contribution in [0.3, 0.4) is 0 Å². The van der Waals surface area contributed by atoms with Gasteiger partial charge < -0.3 is 9.80 Å². The Balaban J connectivity index is 2.24. The number of piperidine rings is 1. The van der Waals surface area contributed by atoms with Crippen molar-refractivity contribution in [2.45, 2.75) is 19.3 Å². The van der Waals surface area contributed by atoms with E-state index in [1.165, 1.54) is 12.8 Å². The molecule has 0 saturated carbocycles. The first-order valence-corrected chi connectivity index (χ1v) is 7.01. The summed E-state index contributed by atoms with van der Waals surface area (Å²) in [5.41, 5.74) is 0. The quantitative estimate of drug-likeness (QED) is 0.707. The second kappa shape index (κ2) is 8.13. The van der Waals surface area contributed by atoms with E-state index in [0.717, 1.165) is 19.6 Å². The Morgan fingerprint density at radius 1 is 1.37 bits per heavy atom. The number of amides is 1. The van der Waals surface area contributed by atoms with Gasteiger partial charge in [-0.1, -0.05) is 0 Å². The average Bonchev–Trinajstić information content (AvgIpc) is 2.38. The molecule has 108 valence electrons. The molecule has 1 rings (SSSR count). The van der Waals surface area contributed by atoms with Gasteiger partial charge in [0.15, 0.2) is 0 Å². The molecule has 0 aromatic carbocycles. The van der Waals surface area contributed by atoms with E-state index in [4.69, 9.17) is 5.26 Å². The van der Waals surface area contributed by atoms with E-state index in [2.05, 4.69) is 22.9 Å². The molecule has 5 nitrogen and oxygen atoms in total. The lowest BCUT2D eigenvalue weighted by Crippen LogP contribution is -2.41. The van der Waals surface area contributed by atoms with Crippen LogP contribution in [-0.4, -0.2) is 74.5 Å². The SMILES string of the molecule is CN1CCC(CN(C)CC(=O)N(C)CCC#N)CC1. The first-order chi connectivity index (χ1) is 9.02. The molecule has 0 atom stereocenters. The highest BCUT2D eigenvalue weighted by atomic mass is 16.2. The monoisotopic (exact) mass is 266 g/mol. The molecule has 5 heteroatoms. The van der Waals surface area contributed by atoms with Crippen molar-refractivity contribution in [3.05, 3.63) is 0 Å². The number of rotatable bonds is 6. The third kappa shape index (κ3) is 6.04. The summed E-state index contributed by atoms with van der Waals surface area (Å²) in [4.78, 5) is 18.0. The smallest absolute Gasteiger partial charge is 0.236 e. The van der Waals surface area contributed by atoms with Gasteiger partial charge in [0, 0.05) is 20.1 Å². The molecule has 1 heterocycles. The van der Waals surface area contributed by atoms with Crippen molar-refractivity contribution < 1.29 is 4.79 Å². The lowest BCUT2D eigenvalue weighted by molar-refractivity contribution is -0.130. The molecule has 1 amide bonds. The second-order valence-electron chi connectivity index (χ2n) is 5.67. The van der Waals surface area contributed by atoms with Crippen molar-refractivity contribution in [3.8, 4) is 6.07 Å². The molecule has 0 aliphatic carbocycles. The molecule has 0 aromatic rings. The Bertz CT molecular complexity index is 318. The standard InChI is InChI=1S/C14H26N4O/c1-16-9-5-13(6-10-16)11-17(2)12-14(19)18(3)8-4-7-15/h13H,4-6,8-12H2,1-3H3. The van der Waals surface area contributed by atoms with E-state index in [1.807, 2.05) is 7.05 Å². The number of likely N-dealkylation sites (tertiary alicyclic amines) is 1. The molecule has 1 aliphatic rings. The fraction of sp³-hybridized carbons (Fsp3) is 0.857. The highest BCUT2D eigenvalue weighted by Gasteiger charge is 2.19. The summed E-state index contributed by atoms with van der Waals surface area (Å²) in [6.07, 6.45) is 2.85. The predicted octanol–water partition coefficient (Wildman–Crippen LogP) is 0.632. The molecular weight excluding hydrogens is 240 g/mol. The Hall–Kier alpha value is -1.12. The first-order valence-electron chi connectivity index (χ1n) is 7.01. The summed E-state index contributed by atoms with van der Waals surface area (Å²) in [6, 6.07) is 2.06. The highest BCUT2D eigenvalue weighted by molar-refractivity contribution is 5.77. The minimum atomic E-state index is 0.102. The number of hydrogen-bond donors (Lipinski definition) is 0. The number of nitriles is 1. The Labute approximate surface area is 116 Å². The minimum absolute atomic E-state index is 0.102. The maximum atomic E-state index is 11.9. The van der Waals surface area contributed by atoms with Crippen molar-refractivity contribution in [2.75, 3.05) is 53.9 Å². The van der Waals surface area contributed by atoms with Crippen LogP contribution in [-0.2, 0) is 4.79 Å². The topological polar surface area (TPSA) is 50.6 Å². The normalized spacial score (nSPS) is 17.4. The largest absolute Gasteiger partial charge is 0.344 e. The van der Waals surface area contributed by atoms with Crippen molar-refractivity contribution >= 4 is 5.91 Å². The van der Waals surface area contributed by atoms with E-state index in [0.29, 0.717) is 25.4 Å². The third-order valence-corrected chi connectivity index (χ3v) is 3.80. The van der Waals surface area contributed by atoms with E-state index < -0.39 is 0 Å². The molecule has 0 N–H and O–H groups in total. The van der Waals surface area contributed by atoms with Crippen LogP contribution in [0.4, 0.5) is 0 Å². The zero-order valence-corrected chi connectivity index (χ0v) is 12.4. The maximum Gasteiger partial charge on any atom is 0.236 e.